The molecule has 13 rings (SSSR count). The fraction of sp³-hybridized carbons (Fsp3) is 0.0282. The van der Waals surface area contributed by atoms with Crippen molar-refractivity contribution in [3.05, 3.63) is 263 Å². The minimum atomic E-state index is 0.192. The summed E-state index contributed by atoms with van der Waals surface area (Å²) in [4.78, 5) is 18.2. The van der Waals surface area contributed by atoms with Gasteiger partial charge in [0, 0.05) is 71.7 Å². The zero-order chi connectivity index (χ0) is 54.4. The fourth-order valence-electron chi connectivity index (χ4n) is 11.3. The van der Waals surface area contributed by atoms with Crippen molar-refractivity contribution in [3.8, 4) is 96.9 Å². The molecule has 13 aromatic rings. The minimum absolute atomic E-state index is 0.192. The van der Waals surface area contributed by atoms with Gasteiger partial charge in [0.2, 0.25) is 0 Å². The van der Waals surface area contributed by atoms with Crippen molar-refractivity contribution in [3.63, 3.8) is 0 Å². The van der Waals surface area contributed by atoms with Crippen LogP contribution in [0.3, 0.4) is 0 Å². The van der Waals surface area contributed by atoms with Crippen molar-refractivity contribution < 1.29 is 0 Å². The van der Waals surface area contributed by atoms with Crippen LogP contribution in [0.15, 0.2) is 218 Å². The van der Waals surface area contributed by atoms with Crippen LogP contribution in [-0.4, -0.2) is 19.1 Å². The zero-order valence-corrected chi connectivity index (χ0v) is 43.0. The summed E-state index contributed by atoms with van der Waals surface area (Å²) in [5, 5.41) is 34.9. The first kappa shape index (κ1) is 48.0. The Balaban J connectivity index is 1.11. The predicted octanol–water partition coefficient (Wildman–Crippen LogP) is 18.0. The summed E-state index contributed by atoms with van der Waals surface area (Å²) >= 11 is 0. The number of benzene rings is 10. The van der Waals surface area contributed by atoms with E-state index in [0.29, 0.717) is 45.7 Å². The molecule has 9 nitrogen and oxygen atoms in total. The van der Waals surface area contributed by atoms with Crippen molar-refractivity contribution in [2.45, 2.75) is 13.3 Å². The molecule has 80 heavy (non-hydrogen) atoms. The standard InChI is InChI=1S/C71H41N9/c1-4-44-32-52(42-73)69(62(34-44)75-2)50-27-30-67-58(38-50)59-39-51(70-53(43-74)33-45(41-72)35-63(70)76-3)28-31-68(59)80(67)66-29-26-49(61-40-60(46-16-7-5-8-17-46)77-71(78-61)47-18-9-6-10-19-47)37-57(66)48-20-15-21-54(36-48)79-64-24-13-11-22-55(64)56-23-12-14-25-65(56)79/h5-40H,4H2,1H3. The van der Waals surface area contributed by atoms with Gasteiger partial charge in [-0.2, -0.15) is 15.8 Å². The Labute approximate surface area is 461 Å². The van der Waals surface area contributed by atoms with E-state index in [1.165, 1.54) is 12.1 Å². The second kappa shape index (κ2) is 19.8. The van der Waals surface area contributed by atoms with Gasteiger partial charge in [-0.15, -0.1) is 0 Å². The van der Waals surface area contributed by atoms with Crippen LogP contribution in [0.1, 0.15) is 29.2 Å². The molecule has 10 aromatic carbocycles. The average Bonchev–Trinajstić information content (AvgIpc) is 4.06. The number of nitriles is 3. The van der Waals surface area contributed by atoms with Gasteiger partial charge >= 0.3 is 0 Å². The van der Waals surface area contributed by atoms with E-state index in [1.54, 1.807) is 0 Å². The van der Waals surface area contributed by atoms with Crippen molar-refractivity contribution in [1.29, 1.82) is 15.8 Å². The van der Waals surface area contributed by atoms with Crippen LogP contribution < -0.4 is 0 Å². The molecule has 3 aromatic heterocycles. The summed E-state index contributed by atoms with van der Waals surface area (Å²) < 4.78 is 4.57. The van der Waals surface area contributed by atoms with Crippen molar-refractivity contribution >= 4 is 55.0 Å². The Hall–Kier alpha value is -11.7. The molecule has 0 radical (unpaired) electrons. The average molecular weight is 1020 g/mol. The van der Waals surface area contributed by atoms with Gasteiger partial charge in [-0.05, 0) is 108 Å². The van der Waals surface area contributed by atoms with Crippen LogP contribution in [0.25, 0.3) is 132 Å². The van der Waals surface area contributed by atoms with Gasteiger partial charge in [0.25, 0.3) is 0 Å². The smallest absolute Gasteiger partial charge is 0.197 e. The van der Waals surface area contributed by atoms with Crippen LogP contribution in [0.2, 0.25) is 0 Å². The number of fused-ring (bicyclic) bond motifs is 6. The Morgan fingerprint density at radius 1 is 0.425 bits per heavy atom. The van der Waals surface area contributed by atoms with Gasteiger partial charge in [0.05, 0.1) is 76.1 Å². The lowest BCUT2D eigenvalue weighted by Gasteiger charge is -2.18. The van der Waals surface area contributed by atoms with Crippen molar-refractivity contribution in [2.24, 2.45) is 0 Å². The molecule has 0 bridgehead atoms. The van der Waals surface area contributed by atoms with E-state index in [1.807, 2.05) is 97.9 Å². The highest BCUT2D eigenvalue weighted by Crippen LogP contribution is 2.45. The van der Waals surface area contributed by atoms with E-state index >= 15 is 0 Å². The summed E-state index contributed by atoms with van der Waals surface area (Å²) in [7, 11) is 0. The van der Waals surface area contributed by atoms with Crippen LogP contribution in [0, 0.1) is 47.1 Å². The molecule has 0 saturated carbocycles. The molecule has 0 saturated heterocycles. The number of hydrogen-bond acceptors (Lipinski definition) is 5. The lowest BCUT2D eigenvalue weighted by Crippen LogP contribution is -2.00. The normalized spacial score (nSPS) is 11.1. The first-order valence-electron chi connectivity index (χ1n) is 26.0. The van der Waals surface area contributed by atoms with Crippen molar-refractivity contribution in [2.75, 3.05) is 0 Å². The Morgan fingerprint density at radius 3 is 1.56 bits per heavy atom. The van der Waals surface area contributed by atoms with E-state index in [0.717, 1.165) is 99.8 Å². The number of para-hydroxylation sites is 2. The molecular weight excluding hydrogens is 979 g/mol. The predicted molar refractivity (Wildman–Crippen MR) is 319 cm³/mol. The third kappa shape index (κ3) is 8.07. The largest absolute Gasteiger partial charge is 0.309 e. The molecule has 9 heteroatoms. The molecule has 0 aliphatic carbocycles. The topological polar surface area (TPSA) is 116 Å². The molecule has 0 spiro atoms. The quantitative estimate of drug-likeness (QED) is 0.134. The lowest BCUT2D eigenvalue weighted by molar-refractivity contribution is 1.14. The molecule has 0 amide bonds. The lowest BCUT2D eigenvalue weighted by atomic mass is 9.93. The summed E-state index contributed by atoms with van der Waals surface area (Å²) in [5.41, 5.74) is 16.4. The first-order chi connectivity index (χ1) is 39.4. The van der Waals surface area contributed by atoms with Crippen LogP contribution in [0.5, 0.6) is 0 Å². The van der Waals surface area contributed by atoms with Gasteiger partial charge in [-0.1, -0.05) is 146 Å². The summed E-state index contributed by atoms with van der Waals surface area (Å²) in [5.74, 6) is 0.600. The van der Waals surface area contributed by atoms with Gasteiger partial charge in [0.1, 0.15) is 0 Å². The molecule has 0 aliphatic heterocycles. The summed E-state index contributed by atoms with van der Waals surface area (Å²) in [6.45, 7) is 18.5. The van der Waals surface area contributed by atoms with E-state index < -0.39 is 0 Å². The minimum Gasteiger partial charge on any atom is -0.309 e. The van der Waals surface area contributed by atoms with Gasteiger partial charge in [-0.3, -0.25) is 0 Å². The Morgan fingerprint density at radius 2 is 0.963 bits per heavy atom. The van der Waals surface area contributed by atoms with Crippen molar-refractivity contribution in [1.82, 2.24) is 19.1 Å². The maximum absolute atomic E-state index is 10.6. The van der Waals surface area contributed by atoms with Gasteiger partial charge < -0.3 is 9.13 Å². The highest BCUT2D eigenvalue weighted by atomic mass is 15.0. The Bertz CT molecular complexity index is 4750. The van der Waals surface area contributed by atoms with Crippen LogP contribution in [0.4, 0.5) is 11.4 Å². The molecule has 3 heterocycles. The number of aromatic nitrogens is 4. The third-order valence-corrected chi connectivity index (χ3v) is 15.0. The maximum Gasteiger partial charge on any atom is 0.197 e. The maximum atomic E-state index is 10.6. The second-order valence-electron chi connectivity index (χ2n) is 19.5. The summed E-state index contributed by atoms with van der Waals surface area (Å²) in [6, 6.07) is 79.8. The van der Waals surface area contributed by atoms with Crippen LogP contribution in [-0.2, 0) is 6.42 Å². The molecule has 0 N–H and O–H groups in total. The molecule has 0 aliphatic rings. The second-order valence-corrected chi connectivity index (χ2v) is 19.5. The highest BCUT2D eigenvalue weighted by Gasteiger charge is 2.23. The van der Waals surface area contributed by atoms with Gasteiger partial charge in [0.15, 0.2) is 17.2 Å². The van der Waals surface area contributed by atoms with Crippen LogP contribution >= 0.6 is 0 Å². The number of aryl methyl sites for hydroxylation is 1. The molecular formula is C71H41N9. The van der Waals surface area contributed by atoms with E-state index in [9.17, 15) is 15.8 Å². The third-order valence-electron chi connectivity index (χ3n) is 15.0. The summed E-state index contributed by atoms with van der Waals surface area (Å²) in [6.07, 6.45) is 0.668. The van der Waals surface area contributed by atoms with Gasteiger partial charge in [-0.25, -0.2) is 19.7 Å². The number of rotatable bonds is 9. The van der Waals surface area contributed by atoms with E-state index in [2.05, 4.69) is 152 Å². The zero-order valence-electron chi connectivity index (χ0n) is 43.0. The highest BCUT2D eigenvalue weighted by molar-refractivity contribution is 6.13. The fourth-order valence-corrected chi connectivity index (χ4v) is 11.3. The number of nitrogens with zero attached hydrogens (tertiary/aromatic N) is 9. The monoisotopic (exact) mass is 1020 g/mol. The SMILES string of the molecule is [C-]#[N+]c1cc(C#N)cc(C#N)c1-c1ccc2c(c1)c1cc(-c3c(C#N)cc(CC)cc3[N+]#[C-])ccc1n2-c1ccc(-c2cc(-c3ccccc3)nc(-c3ccccc3)n2)cc1-c1cccc(-n2c3ccccc3c3ccccc32)c1. The van der Waals surface area contributed by atoms with E-state index in [-0.39, 0.29) is 16.8 Å². The number of hydrogen-bond donors (Lipinski definition) is 0. The molecule has 370 valence electrons. The molecule has 0 atom stereocenters. The molecule has 0 fully saturated rings. The molecule has 0 unspecified atom stereocenters. The Kier molecular flexibility index (Phi) is 11.9. The first-order valence-corrected chi connectivity index (χ1v) is 26.0. The van der Waals surface area contributed by atoms with E-state index in [4.69, 9.17) is 23.1 Å².